The molecule has 4 heteroatoms. The fraction of sp³-hybridized carbons (Fsp3) is 0.250. The van der Waals surface area contributed by atoms with Gasteiger partial charge < -0.3 is 4.42 Å². The van der Waals surface area contributed by atoms with Crippen LogP contribution in [0.3, 0.4) is 0 Å². The van der Waals surface area contributed by atoms with Gasteiger partial charge in [0.1, 0.15) is 6.26 Å². The third-order valence-electron chi connectivity index (χ3n) is 0.683. The van der Waals surface area contributed by atoms with Gasteiger partial charge in [0, 0.05) is 7.05 Å². The van der Waals surface area contributed by atoms with Crippen LogP contribution in [0.2, 0.25) is 0 Å². The quantitative estimate of drug-likeness (QED) is 0.534. The Morgan fingerprint density at radius 2 is 2.62 bits per heavy atom. The highest BCUT2D eigenvalue weighted by molar-refractivity contribution is 14.1. The maximum atomic E-state index is 4.90. The molecule has 1 aromatic heterocycles. The number of rotatable bonds is 1. The second kappa shape index (κ2) is 2.34. The minimum absolute atomic E-state index is 0.630. The van der Waals surface area contributed by atoms with E-state index in [1.165, 1.54) is 0 Å². The molecule has 0 aliphatic rings. The van der Waals surface area contributed by atoms with Crippen LogP contribution >= 0.6 is 22.9 Å². The Bertz CT molecular complexity index is 149. The molecule has 0 saturated heterocycles. The molecular formula is C4H5IN2O. The highest BCUT2D eigenvalue weighted by atomic mass is 127. The van der Waals surface area contributed by atoms with Crippen LogP contribution in [0.4, 0.5) is 6.01 Å². The first-order valence-electron chi connectivity index (χ1n) is 2.09. The standard InChI is InChI=1S/C4H5IN2O/c1-7(5)4-6-2-3-8-4/h2-3H,1H3. The van der Waals surface area contributed by atoms with Crippen molar-refractivity contribution >= 4 is 28.9 Å². The van der Waals surface area contributed by atoms with Crippen molar-refractivity contribution in [2.24, 2.45) is 0 Å². The van der Waals surface area contributed by atoms with Crippen molar-refractivity contribution in [3.63, 3.8) is 0 Å². The summed E-state index contributed by atoms with van der Waals surface area (Å²) in [7, 11) is 1.87. The van der Waals surface area contributed by atoms with Gasteiger partial charge in [-0.05, 0) is 0 Å². The zero-order chi connectivity index (χ0) is 5.98. The van der Waals surface area contributed by atoms with Crippen molar-refractivity contribution in [1.82, 2.24) is 4.98 Å². The molecule has 0 amide bonds. The van der Waals surface area contributed by atoms with Crippen molar-refractivity contribution in [2.45, 2.75) is 0 Å². The van der Waals surface area contributed by atoms with Crippen LogP contribution in [0.5, 0.6) is 0 Å². The molecule has 1 rings (SSSR count). The van der Waals surface area contributed by atoms with E-state index in [-0.39, 0.29) is 0 Å². The van der Waals surface area contributed by atoms with E-state index in [4.69, 9.17) is 4.42 Å². The average molecular weight is 224 g/mol. The maximum Gasteiger partial charge on any atom is 0.305 e. The lowest BCUT2D eigenvalue weighted by molar-refractivity contribution is 0.569. The predicted molar refractivity (Wildman–Crippen MR) is 38.9 cm³/mol. The van der Waals surface area contributed by atoms with Crippen molar-refractivity contribution in [3.8, 4) is 0 Å². The average Bonchev–Trinajstić information content (AvgIpc) is 2.12. The van der Waals surface area contributed by atoms with Crippen LogP contribution in [-0.2, 0) is 0 Å². The van der Waals surface area contributed by atoms with Gasteiger partial charge in [-0.2, -0.15) is 0 Å². The molecule has 0 N–H and O–H groups in total. The summed E-state index contributed by atoms with van der Waals surface area (Å²) in [5.74, 6) is 0. The molecule has 0 spiro atoms. The summed E-state index contributed by atoms with van der Waals surface area (Å²) in [4.78, 5) is 3.87. The number of anilines is 1. The monoisotopic (exact) mass is 224 g/mol. The third-order valence-corrected chi connectivity index (χ3v) is 1.10. The number of hydrogen-bond donors (Lipinski definition) is 0. The Balaban J connectivity index is 2.77. The topological polar surface area (TPSA) is 29.3 Å². The largest absolute Gasteiger partial charge is 0.432 e. The molecule has 0 unspecified atom stereocenters. The van der Waals surface area contributed by atoms with Gasteiger partial charge in [-0.25, -0.2) is 4.98 Å². The molecule has 0 aliphatic carbocycles. The van der Waals surface area contributed by atoms with Crippen molar-refractivity contribution in [3.05, 3.63) is 12.5 Å². The molecule has 44 valence electrons. The second-order valence-corrected chi connectivity index (χ2v) is 2.74. The van der Waals surface area contributed by atoms with Crippen molar-refractivity contribution < 1.29 is 4.42 Å². The highest BCUT2D eigenvalue weighted by Crippen LogP contribution is 2.10. The Hall–Kier alpha value is -0.260. The van der Waals surface area contributed by atoms with Gasteiger partial charge in [-0.1, -0.05) is 0 Å². The normalized spacial score (nSPS) is 9.25. The molecule has 8 heavy (non-hydrogen) atoms. The number of aromatic nitrogens is 1. The molecule has 0 fully saturated rings. The fourth-order valence-corrected chi connectivity index (χ4v) is 0.606. The third kappa shape index (κ3) is 1.12. The van der Waals surface area contributed by atoms with Crippen LogP contribution in [0.1, 0.15) is 0 Å². The lowest BCUT2D eigenvalue weighted by Crippen LogP contribution is -1.98. The first kappa shape index (κ1) is 5.87. The summed E-state index contributed by atoms with van der Waals surface area (Å²) in [5.41, 5.74) is 0. The van der Waals surface area contributed by atoms with E-state index in [1.54, 1.807) is 15.6 Å². The van der Waals surface area contributed by atoms with Crippen molar-refractivity contribution in [1.29, 1.82) is 0 Å². The van der Waals surface area contributed by atoms with Crippen molar-refractivity contribution in [2.75, 3.05) is 10.2 Å². The van der Waals surface area contributed by atoms with Gasteiger partial charge in [-0.15, -0.1) is 0 Å². The van der Waals surface area contributed by atoms with E-state index in [0.29, 0.717) is 6.01 Å². The molecule has 3 nitrogen and oxygen atoms in total. The summed E-state index contributed by atoms with van der Waals surface area (Å²) in [6, 6.07) is 0.630. The number of halogens is 1. The van der Waals surface area contributed by atoms with E-state index in [2.05, 4.69) is 27.8 Å². The van der Waals surface area contributed by atoms with Crippen LogP contribution in [-0.4, -0.2) is 12.0 Å². The zero-order valence-corrected chi connectivity index (χ0v) is 6.49. The molecule has 1 heterocycles. The van der Waals surface area contributed by atoms with Crippen LogP contribution < -0.4 is 3.11 Å². The molecule has 0 bridgehead atoms. The smallest absolute Gasteiger partial charge is 0.305 e. The Morgan fingerprint density at radius 3 is 2.88 bits per heavy atom. The minimum Gasteiger partial charge on any atom is -0.432 e. The van der Waals surface area contributed by atoms with E-state index >= 15 is 0 Å². The van der Waals surface area contributed by atoms with E-state index in [0.717, 1.165) is 0 Å². The maximum absolute atomic E-state index is 4.90. The first-order chi connectivity index (χ1) is 3.80. The molecular weight excluding hydrogens is 219 g/mol. The van der Waals surface area contributed by atoms with E-state index in [1.807, 2.05) is 7.05 Å². The molecule has 0 saturated carbocycles. The number of nitrogens with zero attached hydrogens (tertiary/aromatic N) is 2. The fourth-order valence-electron chi connectivity index (χ4n) is 0.368. The van der Waals surface area contributed by atoms with Gasteiger partial charge >= 0.3 is 6.01 Å². The molecule has 0 aliphatic heterocycles. The lowest BCUT2D eigenvalue weighted by Gasteiger charge is -1.99. The summed E-state index contributed by atoms with van der Waals surface area (Å²) < 4.78 is 6.68. The Morgan fingerprint density at radius 1 is 1.88 bits per heavy atom. The minimum atomic E-state index is 0.630. The molecule has 0 radical (unpaired) electrons. The molecule has 0 atom stereocenters. The summed E-state index contributed by atoms with van der Waals surface area (Å²) in [5, 5.41) is 0. The summed E-state index contributed by atoms with van der Waals surface area (Å²) >= 11 is 2.08. The van der Waals surface area contributed by atoms with E-state index in [9.17, 15) is 0 Å². The predicted octanol–water partition coefficient (Wildman–Crippen LogP) is 1.46. The van der Waals surface area contributed by atoms with Gasteiger partial charge in [0.15, 0.2) is 0 Å². The summed E-state index contributed by atoms with van der Waals surface area (Å²) in [6.07, 6.45) is 3.16. The first-order valence-corrected chi connectivity index (χ1v) is 3.06. The van der Waals surface area contributed by atoms with Gasteiger partial charge in [-0.3, -0.25) is 3.11 Å². The van der Waals surface area contributed by atoms with Gasteiger partial charge in [0.25, 0.3) is 0 Å². The number of hydrogen-bond acceptors (Lipinski definition) is 3. The lowest BCUT2D eigenvalue weighted by atomic mass is 11.0. The highest BCUT2D eigenvalue weighted by Gasteiger charge is 1.96. The van der Waals surface area contributed by atoms with Gasteiger partial charge in [0.05, 0.1) is 29.1 Å². The Kier molecular flexibility index (Phi) is 1.72. The zero-order valence-electron chi connectivity index (χ0n) is 4.34. The second-order valence-electron chi connectivity index (χ2n) is 1.29. The van der Waals surface area contributed by atoms with Crippen LogP contribution in [0.15, 0.2) is 16.9 Å². The SMILES string of the molecule is CN(I)c1ncco1. The Labute approximate surface area is 61.2 Å². The van der Waals surface area contributed by atoms with Gasteiger partial charge in [0.2, 0.25) is 0 Å². The molecule has 1 aromatic rings. The summed E-state index contributed by atoms with van der Waals surface area (Å²) in [6.45, 7) is 0. The van der Waals surface area contributed by atoms with Crippen LogP contribution in [0.25, 0.3) is 0 Å². The number of oxazole rings is 1. The van der Waals surface area contributed by atoms with E-state index < -0.39 is 0 Å². The van der Waals surface area contributed by atoms with Crippen LogP contribution in [0, 0.1) is 0 Å². The molecule has 0 aromatic carbocycles.